The number of unbranched alkanes of at least 4 members (excludes halogenated alkanes) is 1. The molecule has 7 nitrogen and oxygen atoms in total. The zero-order valence-corrected chi connectivity index (χ0v) is 20.8. The molecule has 0 saturated carbocycles. The molecule has 2 N–H and O–H groups in total. The van der Waals surface area contributed by atoms with Crippen molar-refractivity contribution in [1.82, 2.24) is 15.0 Å². The molecule has 1 atom stereocenters. The summed E-state index contributed by atoms with van der Waals surface area (Å²) in [6.07, 6.45) is -1.62. The topological polar surface area (TPSA) is 105 Å². The van der Waals surface area contributed by atoms with Gasteiger partial charge in [-0.1, -0.05) is 24.4 Å². The van der Waals surface area contributed by atoms with Crippen LogP contribution in [0.25, 0.3) is 0 Å². The van der Waals surface area contributed by atoms with Gasteiger partial charge in [0.05, 0.1) is 16.8 Å². The first-order valence-corrected chi connectivity index (χ1v) is 12.0. The molecule has 0 fully saturated rings. The van der Waals surface area contributed by atoms with Crippen LogP contribution in [0.2, 0.25) is 5.02 Å². The van der Waals surface area contributed by atoms with Crippen LogP contribution < -0.4 is 5.32 Å². The molecule has 0 saturated heterocycles. The van der Waals surface area contributed by atoms with E-state index in [1.807, 2.05) is 0 Å². The number of aromatic nitrogens is 3. The summed E-state index contributed by atoms with van der Waals surface area (Å²) in [5, 5.41) is 11.5. The maximum Gasteiger partial charge on any atom is 0.419 e. The molecule has 0 aliphatic heterocycles. The number of ketones is 1. The molecule has 13 heteroatoms. The molecule has 37 heavy (non-hydrogen) atoms. The first kappa shape index (κ1) is 28.2. The highest BCUT2D eigenvalue weighted by Gasteiger charge is 2.34. The highest BCUT2D eigenvalue weighted by Crippen LogP contribution is 2.33. The number of Topliss-reactive ketones (excluding diaryl/α,β-unsaturated/α-hetero) is 1. The van der Waals surface area contributed by atoms with E-state index in [0.29, 0.717) is 30.0 Å². The summed E-state index contributed by atoms with van der Waals surface area (Å²) >= 11 is 7.22. The number of alkyl halides is 3. The number of hydrogen-bond acceptors (Lipinski definition) is 7. The lowest BCUT2D eigenvalue weighted by atomic mass is 10.0. The number of carbonyl (C=O) groups is 2. The van der Waals surface area contributed by atoms with Gasteiger partial charge in [-0.3, -0.25) is 9.59 Å². The van der Waals surface area contributed by atoms with Crippen molar-refractivity contribution in [2.24, 2.45) is 0 Å². The van der Waals surface area contributed by atoms with Crippen molar-refractivity contribution < 1.29 is 32.3 Å². The first-order chi connectivity index (χ1) is 17.5. The van der Waals surface area contributed by atoms with Crippen LogP contribution in [-0.2, 0) is 6.18 Å². The van der Waals surface area contributed by atoms with Gasteiger partial charge in [0.1, 0.15) is 33.4 Å². The van der Waals surface area contributed by atoms with E-state index in [9.17, 15) is 27.2 Å². The predicted octanol–water partition coefficient (Wildman–Crippen LogP) is 5.50. The van der Waals surface area contributed by atoms with Crippen LogP contribution in [0.3, 0.4) is 0 Å². The van der Waals surface area contributed by atoms with Gasteiger partial charge in [-0.15, -0.1) is 11.3 Å². The Morgan fingerprint density at radius 2 is 2.00 bits per heavy atom. The summed E-state index contributed by atoms with van der Waals surface area (Å²) < 4.78 is 52.2. The van der Waals surface area contributed by atoms with Crippen molar-refractivity contribution >= 4 is 40.3 Å². The monoisotopic (exact) mass is 554 g/mol. The number of nitrogens with one attached hydrogen (secondary N) is 1. The van der Waals surface area contributed by atoms with Gasteiger partial charge < -0.3 is 10.4 Å². The van der Waals surface area contributed by atoms with Crippen LogP contribution in [0, 0.1) is 17.7 Å². The number of hydrogen-bond donors (Lipinski definition) is 2. The summed E-state index contributed by atoms with van der Waals surface area (Å²) in [5.74, 6) is 2.53. The van der Waals surface area contributed by atoms with E-state index in [4.69, 9.17) is 16.7 Å². The molecule has 2 heterocycles. The minimum absolute atomic E-state index is 0.000826. The van der Waals surface area contributed by atoms with Gasteiger partial charge in [-0.25, -0.2) is 19.3 Å². The van der Waals surface area contributed by atoms with Crippen LogP contribution >= 0.6 is 22.9 Å². The van der Waals surface area contributed by atoms with Crippen LogP contribution in [0.4, 0.5) is 23.2 Å². The number of benzene rings is 1. The van der Waals surface area contributed by atoms with Crippen molar-refractivity contribution in [2.75, 3.05) is 11.9 Å². The summed E-state index contributed by atoms with van der Waals surface area (Å²) in [7, 11) is 0. The standard InChI is InChI=1S/C24H19ClF4N4O3S/c1-13(9-18(35)21-20(25)17(31-12-32-21)5-3-2-4-8-34)23-30-11-19(37-23)22(36)33-14-6-7-16(26)15(10-14)24(27,28)29/h6-7,10-13,34H,2,4,8-9H2,1H3,(H,33,36). The summed E-state index contributed by atoms with van der Waals surface area (Å²) in [5.41, 5.74) is -1.55. The lowest BCUT2D eigenvalue weighted by Crippen LogP contribution is -2.13. The predicted molar refractivity (Wildman–Crippen MR) is 129 cm³/mol. The maximum absolute atomic E-state index is 13.5. The van der Waals surface area contributed by atoms with Crippen LogP contribution in [-0.4, -0.2) is 38.4 Å². The number of nitrogens with zero attached hydrogens (tertiary/aromatic N) is 3. The Balaban J connectivity index is 1.68. The number of amides is 1. The zero-order chi connectivity index (χ0) is 27.2. The second-order valence-electron chi connectivity index (χ2n) is 7.75. The van der Waals surface area contributed by atoms with Crippen LogP contribution in [0.15, 0.2) is 30.7 Å². The smallest absolute Gasteiger partial charge is 0.396 e. The second kappa shape index (κ2) is 12.2. The number of aliphatic hydroxyl groups excluding tert-OH is 1. The Morgan fingerprint density at radius 3 is 2.70 bits per heavy atom. The second-order valence-corrected chi connectivity index (χ2v) is 9.19. The number of carbonyl (C=O) groups excluding carboxylic acids is 2. The fraction of sp³-hybridized carbons (Fsp3) is 0.292. The third kappa shape index (κ3) is 7.31. The molecule has 0 spiro atoms. The number of aliphatic hydroxyl groups is 1. The number of halogens is 5. The Morgan fingerprint density at radius 1 is 1.24 bits per heavy atom. The third-order valence-corrected chi connectivity index (χ3v) is 6.50. The first-order valence-electron chi connectivity index (χ1n) is 10.8. The van der Waals surface area contributed by atoms with Gasteiger partial charge in [0, 0.05) is 31.1 Å². The third-order valence-electron chi connectivity index (χ3n) is 4.91. The van der Waals surface area contributed by atoms with Crippen molar-refractivity contribution in [1.29, 1.82) is 0 Å². The van der Waals surface area contributed by atoms with Gasteiger partial charge in [-0.05, 0) is 30.5 Å². The molecule has 1 aromatic carbocycles. The molecule has 194 valence electrons. The number of rotatable bonds is 8. The van der Waals surface area contributed by atoms with Gasteiger partial charge in [0.2, 0.25) is 0 Å². The summed E-state index contributed by atoms with van der Waals surface area (Å²) in [4.78, 5) is 37.5. The highest BCUT2D eigenvalue weighted by molar-refractivity contribution is 7.13. The van der Waals surface area contributed by atoms with Crippen LogP contribution in [0.1, 0.15) is 68.5 Å². The van der Waals surface area contributed by atoms with E-state index in [-0.39, 0.29) is 40.0 Å². The molecule has 0 bridgehead atoms. The molecule has 1 amide bonds. The Bertz CT molecular complexity index is 1370. The summed E-state index contributed by atoms with van der Waals surface area (Å²) in [6, 6.07) is 2.14. The quantitative estimate of drug-likeness (QED) is 0.165. The van der Waals surface area contributed by atoms with Crippen LogP contribution in [0.5, 0.6) is 0 Å². The number of anilines is 1. The molecule has 0 aliphatic carbocycles. The zero-order valence-electron chi connectivity index (χ0n) is 19.2. The molecule has 0 aliphatic rings. The van der Waals surface area contributed by atoms with Crippen molar-refractivity contribution in [3.8, 4) is 11.8 Å². The molecule has 1 unspecified atom stereocenters. The van der Waals surface area contributed by atoms with E-state index in [0.717, 1.165) is 17.4 Å². The Labute approximate surface area is 217 Å². The molecule has 2 aromatic heterocycles. The Kier molecular flexibility index (Phi) is 9.31. The van der Waals surface area contributed by atoms with Gasteiger partial charge in [0.15, 0.2) is 5.78 Å². The minimum atomic E-state index is -4.91. The molecular formula is C24H19ClF4N4O3S. The van der Waals surface area contributed by atoms with Gasteiger partial charge >= 0.3 is 6.18 Å². The van der Waals surface area contributed by atoms with Gasteiger partial charge in [-0.2, -0.15) is 13.2 Å². The number of thiazole rings is 1. The average Bonchev–Trinajstić information content (AvgIpc) is 3.34. The largest absolute Gasteiger partial charge is 0.419 e. The Hall–Kier alpha value is -3.40. The fourth-order valence-corrected chi connectivity index (χ4v) is 4.18. The lowest BCUT2D eigenvalue weighted by molar-refractivity contribution is -0.139. The average molecular weight is 555 g/mol. The van der Waals surface area contributed by atoms with Crippen molar-refractivity contribution in [3.05, 3.63) is 68.4 Å². The van der Waals surface area contributed by atoms with Crippen molar-refractivity contribution in [2.45, 2.75) is 38.3 Å². The molecule has 3 rings (SSSR count). The molecular weight excluding hydrogens is 536 g/mol. The van der Waals surface area contributed by atoms with E-state index in [1.54, 1.807) is 6.92 Å². The van der Waals surface area contributed by atoms with E-state index < -0.39 is 35.2 Å². The van der Waals surface area contributed by atoms with Gasteiger partial charge in [0.25, 0.3) is 5.91 Å². The minimum Gasteiger partial charge on any atom is -0.396 e. The van der Waals surface area contributed by atoms with E-state index >= 15 is 0 Å². The lowest BCUT2D eigenvalue weighted by Gasteiger charge is -2.10. The molecule has 0 radical (unpaired) electrons. The SMILES string of the molecule is CC(CC(=O)c1ncnc(C#CCCCO)c1Cl)c1ncc(C(=O)Nc2ccc(F)c(C(F)(F)F)c2)s1. The normalized spacial score (nSPS) is 12.0. The maximum atomic E-state index is 13.5. The van der Waals surface area contributed by atoms with E-state index in [1.165, 1.54) is 12.5 Å². The fourth-order valence-electron chi connectivity index (χ4n) is 3.06. The molecule has 3 aromatic rings. The highest BCUT2D eigenvalue weighted by atomic mass is 35.5. The van der Waals surface area contributed by atoms with Crippen molar-refractivity contribution in [3.63, 3.8) is 0 Å². The van der Waals surface area contributed by atoms with E-state index in [2.05, 4.69) is 32.1 Å². The summed E-state index contributed by atoms with van der Waals surface area (Å²) in [6.45, 7) is 1.71.